The number of nitrogens with zero attached hydrogens (tertiary/aromatic N) is 1. The third kappa shape index (κ3) is 3.35. The Labute approximate surface area is 131 Å². The smallest absolute Gasteiger partial charge is 0.179 e. The van der Waals surface area contributed by atoms with Crippen LogP contribution < -0.4 is 0 Å². The van der Waals surface area contributed by atoms with E-state index in [2.05, 4.69) is 4.90 Å². The van der Waals surface area contributed by atoms with Gasteiger partial charge in [0.1, 0.15) is 0 Å². The molecule has 122 valence electrons. The van der Waals surface area contributed by atoms with Crippen molar-refractivity contribution in [2.75, 3.05) is 32.1 Å². The normalized spacial score (nSPS) is 29.4. The molecule has 0 spiro atoms. The molecule has 3 rings (SSSR count). The van der Waals surface area contributed by atoms with Crippen molar-refractivity contribution < 1.29 is 18.3 Å². The third-order valence-electron chi connectivity index (χ3n) is 4.76. The van der Waals surface area contributed by atoms with Gasteiger partial charge in [-0.3, -0.25) is 4.90 Å². The topological polar surface area (TPSA) is 66.8 Å². The summed E-state index contributed by atoms with van der Waals surface area (Å²) in [4.78, 5) is 2.61. The van der Waals surface area contributed by atoms with Gasteiger partial charge in [-0.1, -0.05) is 18.2 Å². The lowest BCUT2D eigenvalue weighted by molar-refractivity contribution is -0.0534. The summed E-state index contributed by atoms with van der Waals surface area (Å²) in [6.07, 6.45) is 1.92. The summed E-state index contributed by atoms with van der Waals surface area (Å²) in [5.41, 5.74) is 0. The number of sulfone groups is 1. The van der Waals surface area contributed by atoms with E-state index in [1.54, 1.807) is 24.3 Å². The summed E-state index contributed by atoms with van der Waals surface area (Å²) in [6, 6.07) is 8.86. The van der Waals surface area contributed by atoms with E-state index in [0.717, 1.165) is 19.4 Å². The Hall–Kier alpha value is -0.950. The average molecular weight is 325 g/mol. The van der Waals surface area contributed by atoms with Gasteiger partial charge in [-0.25, -0.2) is 8.42 Å². The fraction of sp³-hybridized carbons (Fsp3) is 0.625. The van der Waals surface area contributed by atoms with Gasteiger partial charge in [0.25, 0.3) is 0 Å². The lowest BCUT2D eigenvalue weighted by Gasteiger charge is -2.37. The lowest BCUT2D eigenvalue weighted by atomic mass is 10.1. The third-order valence-corrected chi connectivity index (χ3v) is 6.47. The number of rotatable bonds is 5. The summed E-state index contributed by atoms with van der Waals surface area (Å²) >= 11 is 0. The molecule has 1 aliphatic carbocycles. The lowest BCUT2D eigenvalue weighted by Crippen LogP contribution is -2.49. The molecule has 1 heterocycles. The second-order valence-electron chi connectivity index (χ2n) is 6.16. The molecule has 1 saturated heterocycles. The number of hydrogen-bond donors (Lipinski definition) is 1. The van der Waals surface area contributed by atoms with Crippen LogP contribution in [0.3, 0.4) is 0 Å². The summed E-state index contributed by atoms with van der Waals surface area (Å²) < 4.78 is 30.6. The average Bonchev–Trinajstić information content (AvgIpc) is 2.97. The number of morpholine rings is 1. The largest absolute Gasteiger partial charge is 0.396 e. The van der Waals surface area contributed by atoms with Crippen LogP contribution in [-0.4, -0.2) is 62.6 Å². The zero-order chi connectivity index (χ0) is 15.6. The first-order valence-corrected chi connectivity index (χ1v) is 9.49. The highest BCUT2D eigenvalue weighted by Crippen LogP contribution is 2.33. The minimum atomic E-state index is -3.24. The maximum absolute atomic E-state index is 12.4. The van der Waals surface area contributed by atoms with Crippen LogP contribution in [0, 0.1) is 5.92 Å². The number of benzene rings is 1. The van der Waals surface area contributed by atoms with Crippen molar-refractivity contribution in [3.05, 3.63) is 30.3 Å². The van der Waals surface area contributed by atoms with Crippen LogP contribution in [0.25, 0.3) is 0 Å². The second kappa shape index (κ2) is 6.66. The Bertz CT molecular complexity index is 589. The first-order chi connectivity index (χ1) is 10.6. The summed E-state index contributed by atoms with van der Waals surface area (Å²) in [5, 5.41) is 9.34. The molecule has 2 fully saturated rings. The fourth-order valence-corrected chi connectivity index (χ4v) is 4.82. The van der Waals surface area contributed by atoms with Crippen LogP contribution in [0.4, 0.5) is 0 Å². The molecule has 1 aliphatic heterocycles. The molecule has 3 atom stereocenters. The van der Waals surface area contributed by atoms with E-state index in [1.807, 2.05) is 6.07 Å². The van der Waals surface area contributed by atoms with Gasteiger partial charge in [-0.15, -0.1) is 0 Å². The SMILES string of the molecule is O=S(=O)(CCN1CCO[C@H]2C[C@H](CO)C[C@@H]21)c1ccccc1. The number of aliphatic hydroxyl groups is 1. The highest BCUT2D eigenvalue weighted by atomic mass is 32.2. The molecule has 22 heavy (non-hydrogen) atoms. The van der Waals surface area contributed by atoms with Crippen LogP contribution in [-0.2, 0) is 14.6 Å². The fourth-order valence-electron chi connectivity index (χ4n) is 3.54. The Morgan fingerprint density at radius 3 is 2.73 bits per heavy atom. The van der Waals surface area contributed by atoms with E-state index >= 15 is 0 Å². The highest BCUT2D eigenvalue weighted by Gasteiger charge is 2.40. The molecule has 1 saturated carbocycles. The minimum absolute atomic E-state index is 0.129. The van der Waals surface area contributed by atoms with Crippen molar-refractivity contribution in [3.63, 3.8) is 0 Å². The number of ether oxygens (including phenoxy) is 1. The van der Waals surface area contributed by atoms with E-state index in [0.29, 0.717) is 18.0 Å². The first-order valence-electron chi connectivity index (χ1n) is 7.84. The molecule has 0 radical (unpaired) electrons. The second-order valence-corrected chi connectivity index (χ2v) is 8.27. The Morgan fingerprint density at radius 1 is 1.23 bits per heavy atom. The molecule has 0 bridgehead atoms. The molecule has 1 aromatic carbocycles. The van der Waals surface area contributed by atoms with Crippen LogP contribution in [0.15, 0.2) is 35.2 Å². The van der Waals surface area contributed by atoms with E-state index in [1.165, 1.54) is 0 Å². The van der Waals surface area contributed by atoms with Crippen LogP contribution in [0.1, 0.15) is 12.8 Å². The van der Waals surface area contributed by atoms with Gasteiger partial charge in [0.2, 0.25) is 0 Å². The summed E-state index contributed by atoms with van der Waals surface area (Å²) in [6.45, 7) is 2.13. The Morgan fingerprint density at radius 2 is 2.00 bits per heavy atom. The van der Waals surface area contributed by atoms with Gasteiger partial charge >= 0.3 is 0 Å². The molecule has 5 nitrogen and oxygen atoms in total. The van der Waals surface area contributed by atoms with Crippen LogP contribution in [0.5, 0.6) is 0 Å². The molecular weight excluding hydrogens is 302 g/mol. The van der Waals surface area contributed by atoms with Gasteiger partial charge in [0, 0.05) is 25.7 Å². The molecule has 0 amide bonds. The van der Waals surface area contributed by atoms with Gasteiger partial charge < -0.3 is 9.84 Å². The Kier molecular flexibility index (Phi) is 4.82. The maximum Gasteiger partial charge on any atom is 0.179 e. The zero-order valence-electron chi connectivity index (χ0n) is 12.6. The van der Waals surface area contributed by atoms with Gasteiger partial charge in [0.05, 0.1) is 23.4 Å². The summed E-state index contributed by atoms with van der Waals surface area (Å²) in [5.74, 6) is 0.408. The zero-order valence-corrected chi connectivity index (χ0v) is 13.4. The summed E-state index contributed by atoms with van der Waals surface area (Å²) in [7, 11) is -3.24. The van der Waals surface area contributed by atoms with E-state index in [-0.39, 0.29) is 30.4 Å². The molecule has 0 unspecified atom stereocenters. The highest BCUT2D eigenvalue weighted by molar-refractivity contribution is 7.91. The van der Waals surface area contributed by atoms with Gasteiger partial charge in [0.15, 0.2) is 9.84 Å². The van der Waals surface area contributed by atoms with Crippen LogP contribution in [0.2, 0.25) is 0 Å². The van der Waals surface area contributed by atoms with Crippen molar-refractivity contribution in [3.8, 4) is 0 Å². The quantitative estimate of drug-likeness (QED) is 0.872. The first kappa shape index (κ1) is 15.9. The van der Waals surface area contributed by atoms with Gasteiger partial charge in [-0.2, -0.15) is 0 Å². The standard InChI is InChI=1S/C16H23NO4S/c18-12-13-10-15-16(11-13)21-8-6-17(15)7-9-22(19,20)14-4-2-1-3-5-14/h1-5,13,15-16,18H,6-12H2/t13-,15+,16+/m1/s1. The van der Waals surface area contributed by atoms with Crippen LogP contribution >= 0.6 is 0 Å². The minimum Gasteiger partial charge on any atom is -0.396 e. The molecular formula is C16H23NO4S. The monoisotopic (exact) mass is 325 g/mol. The van der Waals surface area contributed by atoms with Gasteiger partial charge in [-0.05, 0) is 30.9 Å². The number of aliphatic hydroxyl groups excluding tert-OH is 1. The molecule has 1 N–H and O–H groups in total. The van der Waals surface area contributed by atoms with Crippen molar-refractivity contribution in [1.29, 1.82) is 0 Å². The van der Waals surface area contributed by atoms with E-state index in [9.17, 15) is 13.5 Å². The van der Waals surface area contributed by atoms with Crippen molar-refractivity contribution in [2.24, 2.45) is 5.92 Å². The molecule has 6 heteroatoms. The maximum atomic E-state index is 12.4. The van der Waals surface area contributed by atoms with Crippen molar-refractivity contribution in [2.45, 2.75) is 29.9 Å². The number of hydrogen-bond acceptors (Lipinski definition) is 5. The predicted molar refractivity (Wildman–Crippen MR) is 83.4 cm³/mol. The Balaban J connectivity index is 1.63. The molecule has 0 aromatic heterocycles. The van der Waals surface area contributed by atoms with E-state index < -0.39 is 9.84 Å². The van der Waals surface area contributed by atoms with Crippen molar-refractivity contribution in [1.82, 2.24) is 4.90 Å². The predicted octanol–water partition coefficient (Wildman–Crippen LogP) is 0.932. The molecule has 2 aliphatic rings. The molecule has 1 aromatic rings. The number of fused-ring (bicyclic) bond motifs is 1. The van der Waals surface area contributed by atoms with E-state index in [4.69, 9.17) is 4.74 Å². The van der Waals surface area contributed by atoms with Crippen molar-refractivity contribution >= 4 is 9.84 Å².